The van der Waals surface area contributed by atoms with E-state index in [1.807, 2.05) is 42.5 Å². The molecule has 188 valence electrons. The molecule has 5 heteroatoms. The third-order valence-corrected chi connectivity index (χ3v) is 7.55. The Balaban J connectivity index is 1.38. The minimum atomic E-state index is 0.127. The summed E-state index contributed by atoms with van der Waals surface area (Å²) in [5.74, 6) is 2.52. The van der Waals surface area contributed by atoms with Gasteiger partial charge in [0, 0.05) is 25.7 Å². The van der Waals surface area contributed by atoms with Gasteiger partial charge in [-0.05, 0) is 83.2 Å². The predicted octanol–water partition coefficient (Wildman–Crippen LogP) is 4.82. The van der Waals surface area contributed by atoms with Crippen molar-refractivity contribution in [1.29, 1.82) is 0 Å². The van der Waals surface area contributed by atoms with Gasteiger partial charge in [-0.1, -0.05) is 54.6 Å². The summed E-state index contributed by atoms with van der Waals surface area (Å²) in [5.41, 5.74) is 5.44. The average molecular weight is 486 g/mol. The van der Waals surface area contributed by atoms with Crippen LogP contribution in [0.1, 0.15) is 36.0 Å². The number of ether oxygens (including phenoxy) is 1. The van der Waals surface area contributed by atoms with Gasteiger partial charge in [-0.3, -0.25) is 4.90 Å². The summed E-state index contributed by atoms with van der Waals surface area (Å²) in [6, 6.07) is 26.1. The number of phenolic OH excluding ortho intramolecular Hbond substituents is 1. The number of likely N-dealkylation sites (tertiary alicyclic amines) is 1. The molecular formula is C31H35NO4. The maximum absolute atomic E-state index is 9.87. The van der Waals surface area contributed by atoms with Crippen molar-refractivity contribution in [3.8, 4) is 11.5 Å². The van der Waals surface area contributed by atoms with E-state index in [-0.39, 0.29) is 19.0 Å². The molecule has 0 amide bonds. The average Bonchev–Trinajstić information content (AvgIpc) is 3.59. The first-order valence-electron chi connectivity index (χ1n) is 12.9. The molecule has 3 atom stereocenters. The van der Waals surface area contributed by atoms with Gasteiger partial charge in [0.05, 0.1) is 6.61 Å². The predicted molar refractivity (Wildman–Crippen MR) is 143 cm³/mol. The van der Waals surface area contributed by atoms with E-state index in [4.69, 9.17) is 4.74 Å². The van der Waals surface area contributed by atoms with Gasteiger partial charge >= 0.3 is 0 Å². The molecule has 2 aliphatic rings. The molecule has 2 fully saturated rings. The van der Waals surface area contributed by atoms with E-state index in [1.54, 1.807) is 12.1 Å². The summed E-state index contributed by atoms with van der Waals surface area (Å²) in [6.45, 7) is 2.87. The summed E-state index contributed by atoms with van der Waals surface area (Å²) in [5, 5.41) is 29.2. The third kappa shape index (κ3) is 5.49. The Morgan fingerprint density at radius 2 is 1.56 bits per heavy atom. The fraction of sp³-hybridized carbons (Fsp3) is 0.355. The zero-order valence-electron chi connectivity index (χ0n) is 20.6. The van der Waals surface area contributed by atoms with Crippen LogP contribution in [-0.2, 0) is 0 Å². The van der Waals surface area contributed by atoms with E-state index < -0.39 is 0 Å². The first-order chi connectivity index (χ1) is 17.7. The van der Waals surface area contributed by atoms with Crippen LogP contribution >= 0.6 is 0 Å². The Morgan fingerprint density at radius 1 is 0.861 bits per heavy atom. The number of nitrogens with zero attached hydrogens (tertiary/aromatic N) is 1. The lowest BCUT2D eigenvalue weighted by atomic mass is 9.87. The van der Waals surface area contributed by atoms with E-state index in [0.717, 1.165) is 59.0 Å². The Kier molecular flexibility index (Phi) is 7.71. The van der Waals surface area contributed by atoms with Crippen LogP contribution < -0.4 is 4.74 Å². The lowest BCUT2D eigenvalue weighted by molar-refractivity contribution is 0.120. The normalized spacial score (nSPS) is 21.7. The van der Waals surface area contributed by atoms with Gasteiger partial charge in [0.1, 0.15) is 18.1 Å². The Bertz CT molecular complexity index is 1160. The van der Waals surface area contributed by atoms with Gasteiger partial charge in [-0.25, -0.2) is 0 Å². The number of phenols is 1. The molecule has 0 bridgehead atoms. The van der Waals surface area contributed by atoms with Crippen molar-refractivity contribution in [1.82, 2.24) is 4.90 Å². The van der Waals surface area contributed by atoms with Crippen LogP contribution in [0.15, 0.2) is 78.9 Å². The molecular weight excluding hydrogens is 450 g/mol. The van der Waals surface area contributed by atoms with E-state index in [1.165, 1.54) is 6.42 Å². The number of allylic oxidation sites excluding steroid dienone is 1. The van der Waals surface area contributed by atoms with Gasteiger partial charge in [0.2, 0.25) is 0 Å². The Hall–Kier alpha value is -3.12. The third-order valence-electron chi connectivity index (χ3n) is 7.55. The minimum absolute atomic E-state index is 0.127. The maximum atomic E-state index is 9.87. The van der Waals surface area contributed by atoms with E-state index in [0.29, 0.717) is 25.0 Å². The van der Waals surface area contributed by atoms with Crippen LogP contribution in [0, 0.1) is 11.8 Å². The molecule has 3 aromatic rings. The van der Waals surface area contributed by atoms with Crippen LogP contribution in [0.5, 0.6) is 11.5 Å². The summed E-state index contributed by atoms with van der Waals surface area (Å²) in [4.78, 5) is 2.37. The summed E-state index contributed by atoms with van der Waals surface area (Å²) < 4.78 is 6.07. The van der Waals surface area contributed by atoms with Gasteiger partial charge < -0.3 is 20.1 Å². The molecule has 3 N–H and O–H groups in total. The van der Waals surface area contributed by atoms with Crippen LogP contribution in [-0.4, -0.2) is 59.2 Å². The molecule has 5 rings (SSSR count). The first-order valence-corrected chi connectivity index (χ1v) is 12.9. The molecule has 1 saturated carbocycles. The van der Waals surface area contributed by atoms with Gasteiger partial charge in [0.15, 0.2) is 0 Å². The minimum Gasteiger partial charge on any atom is -0.508 e. The summed E-state index contributed by atoms with van der Waals surface area (Å²) in [6.07, 6.45) is 2.67. The highest BCUT2D eigenvalue weighted by Gasteiger charge is 2.51. The van der Waals surface area contributed by atoms with E-state index in [9.17, 15) is 15.3 Å². The number of piperidine rings is 1. The smallest absolute Gasteiger partial charge is 0.119 e. The van der Waals surface area contributed by atoms with Gasteiger partial charge in [0.25, 0.3) is 0 Å². The number of rotatable bonds is 11. The zero-order valence-corrected chi connectivity index (χ0v) is 20.6. The van der Waals surface area contributed by atoms with Crippen molar-refractivity contribution in [3.63, 3.8) is 0 Å². The fourth-order valence-electron chi connectivity index (χ4n) is 5.62. The van der Waals surface area contributed by atoms with Crippen LogP contribution in [0.3, 0.4) is 0 Å². The number of fused-ring (bicyclic) bond motifs is 1. The highest BCUT2D eigenvalue weighted by Crippen LogP contribution is 2.49. The summed E-state index contributed by atoms with van der Waals surface area (Å²) >= 11 is 0. The van der Waals surface area contributed by atoms with E-state index in [2.05, 4.69) is 29.2 Å². The van der Waals surface area contributed by atoms with E-state index >= 15 is 0 Å². The highest BCUT2D eigenvalue weighted by atomic mass is 16.5. The maximum Gasteiger partial charge on any atom is 0.119 e. The number of hydrogen-bond donors (Lipinski definition) is 3. The number of aliphatic hydroxyl groups is 2. The molecule has 3 aromatic carbocycles. The van der Waals surface area contributed by atoms with Gasteiger partial charge in [-0.2, -0.15) is 0 Å². The molecule has 0 spiro atoms. The molecule has 5 nitrogen and oxygen atoms in total. The second-order valence-electron chi connectivity index (χ2n) is 9.87. The quantitative estimate of drug-likeness (QED) is 0.340. The van der Waals surface area contributed by atoms with Crippen molar-refractivity contribution >= 4 is 11.1 Å². The standard InChI is InChI=1S/C31H35NO4/c33-17-4-7-28(22-5-2-1-3-6-22)31(23-8-12-26(35)13-9-23)24-10-14-27(15-11-24)36-18-16-32-20-25-19-29(25)30(32)21-34/h1-3,5-6,8-15,25,29-30,33-35H,4,7,16-21H2/b31-28-/t25-,29?,30-/m1/s1. The molecule has 1 saturated heterocycles. The Morgan fingerprint density at radius 3 is 2.22 bits per heavy atom. The summed E-state index contributed by atoms with van der Waals surface area (Å²) in [7, 11) is 0. The zero-order chi connectivity index (χ0) is 24.9. The number of benzene rings is 3. The van der Waals surface area contributed by atoms with Crippen molar-refractivity contribution in [3.05, 3.63) is 95.6 Å². The lowest BCUT2D eigenvalue weighted by Crippen LogP contribution is -2.38. The molecule has 1 heterocycles. The Labute approximate surface area is 213 Å². The van der Waals surface area contributed by atoms with Crippen molar-refractivity contribution in [2.75, 3.05) is 32.9 Å². The topological polar surface area (TPSA) is 73.2 Å². The molecule has 1 aliphatic heterocycles. The van der Waals surface area contributed by atoms with Crippen molar-refractivity contribution in [2.45, 2.75) is 25.3 Å². The van der Waals surface area contributed by atoms with Crippen LogP contribution in [0.25, 0.3) is 11.1 Å². The molecule has 36 heavy (non-hydrogen) atoms. The highest BCUT2D eigenvalue weighted by molar-refractivity contribution is 5.98. The van der Waals surface area contributed by atoms with Crippen LogP contribution in [0.4, 0.5) is 0 Å². The second kappa shape index (κ2) is 11.3. The molecule has 0 radical (unpaired) electrons. The number of aromatic hydroxyl groups is 1. The molecule has 0 aromatic heterocycles. The second-order valence-corrected chi connectivity index (χ2v) is 9.87. The van der Waals surface area contributed by atoms with Crippen LogP contribution in [0.2, 0.25) is 0 Å². The number of hydrogen-bond acceptors (Lipinski definition) is 5. The first kappa shape index (κ1) is 24.6. The number of aliphatic hydroxyl groups excluding tert-OH is 2. The monoisotopic (exact) mass is 485 g/mol. The SMILES string of the molecule is OCCC/C(=C(\c1ccc(O)cc1)c1ccc(OCCN2C[C@H]3CC3[C@H]2CO)cc1)c1ccccc1. The van der Waals surface area contributed by atoms with Crippen molar-refractivity contribution < 1.29 is 20.1 Å². The fourth-order valence-corrected chi connectivity index (χ4v) is 5.62. The lowest BCUT2D eigenvalue weighted by Gasteiger charge is -2.25. The largest absolute Gasteiger partial charge is 0.508 e. The van der Waals surface area contributed by atoms with Gasteiger partial charge in [-0.15, -0.1) is 0 Å². The van der Waals surface area contributed by atoms with Crippen molar-refractivity contribution in [2.24, 2.45) is 11.8 Å². The molecule has 1 aliphatic carbocycles. The molecule has 1 unspecified atom stereocenters.